The molecule has 0 aliphatic heterocycles. The number of rotatable bonds is 4. The van der Waals surface area contributed by atoms with Crippen molar-refractivity contribution >= 4 is 27.3 Å². The Balaban J connectivity index is 1.78. The molecule has 1 aromatic rings. The van der Waals surface area contributed by atoms with Gasteiger partial charge in [-0.15, -0.1) is 11.3 Å². The molecule has 0 amide bonds. The predicted molar refractivity (Wildman–Crippen MR) is 67.3 cm³/mol. The molecule has 1 aromatic heterocycles. The summed E-state index contributed by atoms with van der Waals surface area (Å²) in [6, 6.07) is 2.15. The molecule has 0 spiro atoms. The van der Waals surface area contributed by atoms with Crippen LogP contribution in [0.15, 0.2) is 10.5 Å². The van der Waals surface area contributed by atoms with E-state index in [4.69, 9.17) is 0 Å². The fourth-order valence-electron chi connectivity index (χ4n) is 1.78. The van der Waals surface area contributed by atoms with Crippen molar-refractivity contribution < 1.29 is 5.11 Å². The molecule has 2 rings (SSSR count). The van der Waals surface area contributed by atoms with Crippen molar-refractivity contribution in [2.45, 2.75) is 38.3 Å². The lowest BCUT2D eigenvalue weighted by atomic mass is 9.80. The van der Waals surface area contributed by atoms with Gasteiger partial charge >= 0.3 is 0 Å². The van der Waals surface area contributed by atoms with Crippen LogP contribution in [0.3, 0.4) is 0 Å². The molecule has 84 valence electrons. The Bertz CT molecular complexity index is 327. The number of hydrogen-bond acceptors (Lipinski definition) is 3. The predicted octanol–water partition coefficient (Wildman–Crippen LogP) is 2.82. The fraction of sp³-hybridized carbons (Fsp3) is 0.636. The van der Waals surface area contributed by atoms with Crippen LogP contribution >= 0.6 is 27.3 Å². The third-order valence-electron chi connectivity index (χ3n) is 2.95. The van der Waals surface area contributed by atoms with Crippen molar-refractivity contribution in [3.63, 3.8) is 0 Å². The first-order valence-electron chi connectivity index (χ1n) is 5.27. The van der Waals surface area contributed by atoms with Gasteiger partial charge in [0.2, 0.25) is 0 Å². The zero-order valence-electron chi connectivity index (χ0n) is 8.85. The maximum Gasteiger partial charge on any atom is 0.0771 e. The Kier molecular flexibility index (Phi) is 3.50. The Morgan fingerprint density at radius 1 is 1.60 bits per heavy atom. The molecule has 2 N–H and O–H groups in total. The monoisotopic (exact) mass is 289 g/mol. The molecule has 0 saturated heterocycles. The standard InChI is InChI=1S/C11H16BrNOS/c1-8-10(12)5-9(15-8)6-13-7-11(14)3-2-4-11/h5,13-14H,2-4,6-7H2,1H3. The summed E-state index contributed by atoms with van der Waals surface area (Å²) in [5.41, 5.74) is -0.413. The largest absolute Gasteiger partial charge is 0.389 e. The second-order valence-electron chi connectivity index (χ2n) is 4.30. The topological polar surface area (TPSA) is 32.3 Å². The van der Waals surface area contributed by atoms with Gasteiger partial charge in [0.25, 0.3) is 0 Å². The van der Waals surface area contributed by atoms with Crippen molar-refractivity contribution in [3.05, 3.63) is 20.3 Å². The van der Waals surface area contributed by atoms with Crippen molar-refractivity contribution in [2.24, 2.45) is 0 Å². The first-order valence-corrected chi connectivity index (χ1v) is 6.88. The van der Waals surface area contributed by atoms with Gasteiger partial charge in [0.1, 0.15) is 0 Å². The maximum atomic E-state index is 9.88. The van der Waals surface area contributed by atoms with E-state index >= 15 is 0 Å². The summed E-state index contributed by atoms with van der Waals surface area (Å²) in [4.78, 5) is 2.64. The van der Waals surface area contributed by atoms with Crippen LogP contribution in [0.2, 0.25) is 0 Å². The minimum atomic E-state index is -0.413. The van der Waals surface area contributed by atoms with E-state index in [-0.39, 0.29) is 0 Å². The highest BCUT2D eigenvalue weighted by Gasteiger charge is 2.33. The Morgan fingerprint density at radius 2 is 2.33 bits per heavy atom. The van der Waals surface area contributed by atoms with Gasteiger partial charge in [-0.3, -0.25) is 0 Å². The molecule has 1 saturated carbocycles. The quantitative estimate of drug-likeness (QED) is 0.893. The minimum absolute atomic E-state index is 0.413. The number of hydrogen-bond donors (Lipinski definition) is 2. The van der Waals surface area contributed by atoms with Gasteiger partial charge in [-0.05, 0) is 48.2 Å². The first-order chi connectivity index (χ1) is 7.09. The summed E-state index contributed by atoms with van der Waals surface area (Å²) in [7, 11) is 0. The van der Waals surface area contributed by atoms with Gasteiger partial charge in [0.15, 0.2) is 0 Å². The van der Waals surface area contributed by atoms with Crippen LogP contribution in [-0.2, 0) is 6.54 Å². The van der Waals surface area contributed by atoms with Crippen molar-refractivity contribution in [1.29, 1.82) is 0 Å². The van der Waals surface area contributed by atoms with Crippen LogP contribution in [0.4, 0.5) is 0 Å². The Morgan fingerprint density at radius 3 is 2.80 bits per heavy atom. The van der Waals surface area contributed by atoms with Crippen LogP contribution in [-0.4, -0.2) is 17.3 Å². The molecule has 1 fully saturated rings. The molecular formula is C11H16BrNOS. The average molecular weight is 290 g/mol. The summed E-state index contributed by atoms with van der Waals surface area (Å²) in [5, 5.41) is 13.2. The average Bonchev–Trinajstić information content (AvgIpc) is 2.43. The lowest BCUT2D eigenvalue weighted by Gasteiger charge is -2.36. The molecule has 1 aliphatic carbocycles. The van der Waals surface area contributed by atoms with Crippen LogP contribution in [0, 0.1) is 6.92 Å². The highest BCUT2D eigenvalue weighted by molar-refractivity contribution is 9.10. The third kappa shape index (κ3) is 2.81. The van der Waals surface area contributed by atoms with E-state index in [1.165, 1.54) is 20.6 Å². The molecule has 1 heterocycles. The number of thiophene rings is 1. The zero-order valence-corrected chi connectivity index (χ0v) is 11.2. The van der Waals surface area contributed by atoms with E-state index in [0.29, 0.717) is 0 Å². The Hall–Kier alpha value is 0.100. The van der Waals surface area contributed by atoms with E-state index < -0.39 is 5.60 Å². The minimum Gasteiger partial charge on any atom is -0.389 e. The van der Waals surface area contributed by atoms with Gasteiger partial charge in [-0.2, -0.15) is 0 Å². The van der Waals surface area contributed by atoms with E-state index in [9.17, 15) is 5.11 Å². The molecule has 0 aromatic carbocycles. The Labute approximate surface area is 103 Å². The molecular weight excluding hydrogens is 274 g/mol. The summed E-state index contributed by atoms with van der Waals surface area (Å²) in [6.07, 6.45) is 3.07. The molecule has 0 radical (unpaired) electrons. The highest BCUT2D eigenvalue weighted by Crippen LogP contribution is 2.31. The molecule has 1 aliphatic rings. The van der Waals surface area contributed by atoms with E-state index in [1.54, 1.807) is 11.3 Å². The van der Waals surface area contributed by atoms with Crippen LogP contribution < -0.4 is 5.32 Å². The first kappa shape index (κ1) is 11.6. The smallest absolute Gasteiger partial charge is 0.0771 e. The molecule has 2 nitrogen and oxygen atoms in total. The van der Waals surface area contributed by atoms with Gasteiger partial charge in [0, 0.05) is 27.3 Å². The summed E-state index contributed by atoms with van der Waals surface area (Å²) in [5.74, 6) is 0. The van der Waals surface area contributed by atoms with Crippen LogP contribution in [0.25, 0.3) is 0 Å². The number of halogens is 1. The zero-order chi connectivity index (χ0) is 10.9. The maximum absolute atomic E-state index is 9.88. The molecule has 0 atom stereocenters. The van der Waals surface area contributed by atoms with Gasteiger partial charge < -0.3 is 10.4 Å². The van der Waals surface area contributed by atoms with E-state index in [0.717, 1.165) is 25.9 Å². The summed E-state index contributed by atoms with van der Waals surface area (Å²) in [6.45, 7) is 3.69. The molecule has 4 heteroatoms. The summed E-state index contributed by atoms with van der Waals surface area (Å²) >= 11 is 5.31. The van der Waals surface area contributed by atoms with Gasteiger partial charge in [-0.1, -0.05) is 0 Å². The lowest BCUT2D eigenvalue weighted by molar-refractivity contribution is -0.0314. The second-order valence-corrected chi connectivity index (χ2v) is 6.49. The normalized spacial score (nSPS) is 18.9. The molecule has 0 unspecified atom stereocenters. The van der Waals surface area contributed by atoms with Crippen molar-refractivity contribution in [2.75, 3.05) is 6.54 Å². The van der Waals surface area contributed by atoms with Crippen LogP contribution in [0.1, 0.15) is 29.0 Å². The molecule has 0 bridgehead atoms. The third-order valence-corrected chi connectivity index (χ3v) is 5.08. The van der Waals surface area contributed by atoms with Gasteiger partial charge in [0.05, 0.1) is 5.60 Å². The number of aliphatic hydroxyl groups is 1. The fourth-order valence-corrected chi connectivity index (χ4v) is 3.36. The van der Waals surface area contributed by atoms with Crippen LogP contribution in [0.5, 0.6) is 0 Å². The number of aryl methyl sites for hydroxylation is 1. The lowest BCUT2D eigenvalue weighted by Crippen LogP contribution is -2.45. The van der Waals surface area contributed by atoms with Crippen molar-refractivity contribution in [1.82, 2.24) is 5.32 Å². The van der Waals surface area contributed by atoms with E-state index in [2.05, 4.69) is 34.2 Å². The number of nitrogens with one attached hydrogen (secondary N) is 1. The highest BCUT2D eigenvalue weighted by atomic mass is 79.9. The van der Waals surface area contributed by atoms with E-state index in [1.807, 2.05) is 0 Å². The SMILES string of the molecule is Cc1sc(CNCC2(O)CCC2)cc1Br. The second kappa shape index (κ2) is 4.53. The van der Waals surface area contributed by atoms with Crippen molar-refractivity contribution in [3.8, 4) is 0 Å². The molecule has 15 heavy (non-hydrogen) atoms. The van der Waals surface area contributed by atoms with Gasteiger partial charge in [-0.25, -0.2) is 0 Å². The summed E-state index contributed by atoms with van der Waals surface area (Å²) < 4.78 is 1.19.